The van der Waals surface area contributed by atoms with Crippen molar-refractivity contribution in [3.05, 3.63) is 66.1 Å². The molecule has 0 atom stereocenters. The Balaban J connectivity index is 1.63. The van der Waals surface area contributed by atoms with Gasteiger partial charge in [-0.2, -0.15) is 0 Å². The third kappa shape index (κ3) is 2.20. The predicted octanol–water partition coefficient (Wildman–Crippen LogP) is 2.47. The lowest BCUT2D eigenvalue weighted by Crippen LogP contribution is -2.29. The Morgan fingerprint density at radius 3 is 2.48 bits per heavy atom. The first-order valence-electron chi connectivity index (χ1n) is 7.07. The van der Waals surface area contributed by atoms with E-state index in [2.05, 4.69) is 10.2 Å². The second-order valence-corrected chi connectivity index (χ2v) is 5.10. The van der Waals surface area contributed by atoms with Crippen molar-refractivity contribution in [3.63, 3.8) is 0 Å². The summed E-state index contributed by atoms with van der Waals surface area (Å²) in [6.07, 6.45) is 0. The Labute approximate surface area is 131 Å². The van der Waals surface area contributed by atoms with Crippen LogP contribution in [0.25, 0.3) is 11.5 Å². The molecule has 23 heavy (non-hydrogen) atoms. The summed E-state index contributed by atoms with van der Waals surface area (Å²) in [6, 6.07) is 16.2. The maximum absolute atomic E-state index is 12.1. The summed E-state index contributed by atoms with van der Waals surface area (Å²) in [5.74, 6) is -0.428. The van der Waals surface area contributed by atoms with E-state index in [0.29, 0.717) is 17.1 Å². The monoisotopic (exact) mass is 305 g/mol. The van der Waals surface area contributed by atoms with Crippen molar-refractivity contribution in [1.82, 2.24) is 10.2 Å². The van der Waals surface area contributed by atoms with Crippen LogP contribution in [0.3, 0.4) is 0 Å². The lowest BCUT2D eigenvalue weighted by atomic mass is 10.1. The number of hydrogen-bond donors (Lipinski definition) is 0. The summed E-state index contributed by atoms with van der Waals surface area (Å²) in [6.45, 7) is 0.0709. The number of amides is 1. The van der Waals surface area contributed by atoms with Gasteiger partial charge in [0.05, 0.1) is 11.3 Å². The molecule has 0 bridgehead atoms. The summed E-state index contributed by atoms with van der Waals surface area (Å²) in [4.78, 5) is 25.5. The van der Waals surface area contributed by atoms with Crippen molar-refractivity contribution in [2.24, 2.45) is 0 Å². The number of nitrogens with zero attached hydrogens (tertiary/aromatic N) is 3. The van der Waals surface area contributed by atoms with Crippen molar-refractivity contribution in [2.75, 3.05) is 4.90 Å². The van der Waals surface area contributed by atoms with E-state index < -0.39 is 11.7 Å². The van der Waals surface area contributed by atoms with Crippen LogP contribution in [0, 0.1) is 0 Å². The zero-order chi connectivity index (χ0) is 15.8. The molecular weight excluding hydrogens is 294 g/mol. The highest BCUT2D eigenvalue weighted by atomic mass is 16.4. The molecule has 0 aliphatic carbocycles. The molecule has 4 rings (SSSR count). The zero-order valence-corrected chi connectivity index (χ0v) is 12.0. The van der Waals surface area contributed by atoms with Crippen molar-refractivity contribution < 1.29 is 14.0 Å². The molecule has 6 heteroatoms. The molecule has 6 nitrogen and oxygen atoms in total. The van der Waals surface area contributed by atoms with Crippen molar-refractivity contribution in [2.45, 2.75) is 6.54 Å². The van der Waals surface area contributed by atoms with Gasteiger partial charge in [0.1, 0.15) is 6.54 Å². The average Bonchev–Trinajstić information content (AvgIpc) is 3.16. The van der Waals surface area contributed by atoms with Gasteiger partial charge in [-0.15, -0.1) is 10.2 Å². The molecule has 0 saturated heterocycles. The Morgan fingerprint density at radius 2 is 1.65 bits per heavy atom. The van der Waals surface area contributed by atoms with Gasteiger partial charge in [-0.25, -0.2) is 0 Å². The Bertz CT molecular complexity index is 902. The summed E-state index contributed by atoms with van der Waals surface area (Å²) in [5, 5.41) is 7.96. The van der Waals surface area contributed by atoms with Gasteiger partial charge < -0.3 is 4.42 Å². The molecule has 0 radical (unpaired) electrons. The van der Waals surface area contributed by atoms with Crippen LogP contribution in [-0.2, 0) is 11.3 Å². The molecule has 0 spiro atoms. The highest BCUT2D eigenvalue weighted by Crippen LogP contribution is 2.30. The second kappa shape index (κ2) is 5.17. The molecule has 0 fully saturated rings. The minimum absolute atomic E-state index is 0.0709. The molecule has 2 heterocycles. The van der Waals surface area contributed by atoms with Crippen LogP contribution in [0.15, 0.2) is 59.0 Å². The zero-order valence-electron chi connectivity index (χ0n) is 12.0. The van der Waals surface area contributed by atoms with Crippen molar-refractivity contribution >= 4 is 17.4 Å². The first-order valence-corrected chi connectivity index (χ1v) is 7.07. The smallest absolute Gasteiger partial charge is 0.299 e. The summed E-state index contributed by atoms with van der Waals surface area (Å²) < 4.78 is 5.60. The van der Waals surface area contributed by atoms with Gasteiger partial charge in [-0.1, -0.05) is 30.3 Å². The van der Waals surface area contributed by atoms with E-state index in [1.54, 1.807) is 24.3 Å². The van der Waals surface area contributed by atoms with Crippen LogP contribution in [0.5, 0.6) is 0 Å². The molecule has 1 aliphatic rings. The lowest BCUT2D eigenvalue weighted by Gasteiger charge is -2.13. The standard InChI is InChI=1S/C17H11N3O3/c21-15-12-8-4-5-9-13(12)20(17(15)22)10-14-18-19-16(23-14)11-6-2-1-3-7-11/h1-9H,10H2. The normalized spacial score (nSPS) is 13.5. The predicted molar refractivity (Wildman–Crippen MR) is 81.7 cm³/mol. The lowest BCUT2D eigenvalue weighted by molar-refractivity contribution is -0.114. The number of fused-ring (bicyclic) bond motifs is 1. The molecule has 0 N–H and O–H groups in total. The quantitative estimate of drug-likeness (QED) is 0.695. The minimum atomic E-state index is -0.578. The van der Waals surface area contributed by atoms with Crippen molar-refractivity contribution in [3.8, 4) is 11.5 Å². The Hall–Kier alpha value is -3.28. The number of Topliss-reactive ketones (excluding diaryl/α,β-unsaturated/α-hetero) is 1. The fourth-order valence-electron chi connectivity index (χ4n) is 2.56. The molecule has 0 unspecified atom stereocenters. The molecular formula is C17H11N3O3. The minimum Gasteiger partial charge on any atom is -0.419 e. The molecule has 2 aromatic carbocycles. The van der Waals surface area contributed by atoms with E-state index >= 15 is 0 Å². The van der Waals surface area contributed by atoms with Crippen molar-refractivity contribution in [1.29, 1.82) is 0 Å². The number of ketones is 1. The fraction of sp³-hybridized carbons (Fsp3) is 0.0588. The van der Waals surface area contributed by atoms with Gasteiger partial charge in [0, 0.05) is 5.56 Å². The first-order chi connectivity index (χ1) is 11.2. The van der Waals surface area contributed by atoms with E-state index in [4.69, 9.17) is 4.42 Å². The SMILES string of the molecule is O=C1C(=O)N(Cc2nnc(-c3ccccc3)o2)c2ccccc21. The number of carbonyl (C=O) groups is 2. The van der Waals surface area contributed by atoms with E-state index in [9.17, 15) is 9.59 Å². The van der Waals surface area contributed by atoms with Crippen LogP contribution < -0.4 is 4.90 Å². The first kappa shape index (κ1) is 13.4. The molecule has 1 amide bonds. The highest BCUT2D eigenvalue weighted by molar-refractivity contribution is 6.52. The van der Waals surface area contributed by atoms with Crippen LogP contribution >= 0.6 is 0 Å². The summed E-state index contributed by atoms with van der Waals surface area (Å²) >= 11 is 0. The number of anilines is 1. The van der Waals surface area contributed by atoms with Gasteiger partial charge in [0.15, 0.2) is 0 Å². The topological polar surface area (TPSA) is 76.3 Å². The second-order valence-electron chi connectivity index (χ2n) is 5.10. The molecule has 1 aliphatic heterocycles. The third-order valence-corrected chi connectivity index (χ3v) is 3.66. The molecule has 0 saturated carbocycles. The van der Waals surface area contributed by atoms with Crippen LogP contribution in [0.2, 0.25) is 0 Å². The van der Waals surface area contributed by atoms with Gasteiger partial charge in [-0.05, 0) is 24.3 Å². The number of rotatable bonds is 3. The molecule has 1 aromatic heterocycles. The number of benzene rings is 2. The number of aromatic nitrogens is 2. The van der Waals surface area contributed by atoms with Gasteiger partial charge >= 0.3 is 0 Å². The number of carbonyl (C=O) groups excluding carboxylic acids is 2. The number of para-hydroxylation sites is 1. The molecule has 3 aromatic rings. The average molecular weight is 305 g/mol. The largest absolute Gasteiger partial charge is 0.419 e. The van der Waals surface area contributed by atoms with E-state index in [-0.39, 0.29) is 12.4 Å². The Morgan fingerprint density at radius 1 is 0.913 bits per heavy atom. The van der Waals surface area contributed by atoms with Crippen LogP contribution in [0.4, 0.5) is 5.69 Å². The maximum Gasteiger partial charge on any atom is 0.299 e. The van der Waals surface area contributed by atoms with Crippen LogP contribution in [-0.4, -0.2) is 21.9 Å². The Kier molecular flexibility index (Phi) is 3.01. The van der Waals surface area contributed by atoms with Gasteiger partial charge in [-0.3, -0.25) is 14.5 Å². The highest BCUT2D eigenvalue weighted by Gasteiger charge is 2.36. The third-order valence-electron chi connectivity index (χ3n) is 3.66. The maximum atomic E-state index is 12.1. The molecule has 112 valence electrons. The summed E-state index contributed by atoms with van der Waals surface area (Å²) in [5.41, 5.74) is 1.78. The van der Waals surface area contributed by atoms with Gasteiger partial charge in [0.2, 0.25) is 11.8 Å². The van der Waals surface area contributed by atoms with E-state index in [1.165, 1.54) is 4.90 Å². The fourth-order valence-corrected chi connectivity index (χ4v) is 2.56. The summed E-state index contributed by atoms with van der Waals surface area (Å²) in [7, 11) is 0. The van der Waals surface area contributed by atoms with Crippen LogP contribution in [0.1, 0.15) is 16.2 Å². The van der Waals surface area contributed by atoms with E-state index in [0.717, 1.165) is 5.56 Å². The van der Waals surface area contributed by atoms with Gasteiger partial charge in [0.25, 0.3) is 11.7 Å². The number of hydrogen-bond acceptors (Lipinski definition) is 5. The van der Waals surface area contributed by atoms with E-state index in [1.807, 2.05) is 30.3 Å².